The molecular weight excluding hydrogens is 247 g/mol. The maximum absolute atomic E-state index is 12.8. The van der Waals surface area contributed by atoms with E-state index in [1.807, 2.05) is 6.92 Å². The molecule has 0 radical (unpaired) electrons. The molecule has 0 aromatic heterocycles. The highest BCUT2D eigenvalue weighted by molar-refractivity contribution is 9.10. The van der Waals surface area contributed by atoms with Gasteiger partial charge in [0.2, 0.25) is 0 Å². The van der Waals surface area contributed by atoms with Crippen LogP contribution >= 0.6 is 15.9 Å². The van der Waals surface area contributed by atoms with E-state index in [2.05, 4.69) is 27.9 Å². The van der Waals surface area contributed by atoms with E-state index in [1.54, 1.807) is 6.07 Å². The van der Waals surface area contributed by atoms with Crippen LogP contribution in [0.2, 0.25) is 0 Å². The van der Waals surface area contributed by atoms with E-state index in [-0.39, 0.29) is 11.9 Å². The Labute approximate surface area is 91.1 Å². The Kier molecular flexibility index (Phi) is 3.80. The molecule has 0 fully saturated rings. The van der Waals surface area contributed by atoms with Crippen LogP contribution in [0.25, 0.3) is 0 Å². The lowest BCUT2D eigenvalue weighted by Gasteiger charge is -2.17. The van der Waals surface area contributed by atoms with Gasteiger partial charge in [-0.3, -0.25) is 5.84 Å². The summed E-state index contributed by atoms with van der Waals surface area (Å²) in [4.78, 5) is 0. The number of nitrogens with two attached hydrogens (primary N) is 1. The number of hydrogen-bond acceptors (Lipinski definition) is 2. The van der Waals surface area contributed by atoms with E-state index in [0.29, 0.717) is 4.47 Å². The summed E-state index contributed by atoms with van der Waals surface area (Å²) >= 11 is 3.28. The average molecular weight is 259 g/mol. The number of hydrazine groups is 1. The second-order valence-electron chi connectivity index (χ2n) is 3.11. The number of nitrogens with one attached hydrogen (secondary N) is 1. The fourth-order valence-electron chi connectivity index (χ4n) is 1.23. The van der Waals surface area contributed by atoms with Gasteiger partial charge in [-0.05, 0) is 24.6 Å². The van der Waals surface area contributed by atoms with Crippen molar-refractivity contribution < 1.29 is 4.39 Å². The van der Waals surface area contributed by atoms with Crippen LogP contribution in [0.1, 0.15) is 18.5 Å². The number of halogens is 2. The van der Waals surface area contributed by atoms with Crippen molar-refractivity contribution in [2.75, 3.05) is 0 Å². The molecule has 2 nitrogen and oxygen atoms in total. The van der Waals surface area contributed by atoms with Gasteiger partial charge in [0.05, 0.1) is 6.04 Å². The molecule has 0 amide bonds. The Bertz CT molecular complexity index is 352. The lowest BCUT2D eigenvalue weighted by Crippen LogP contribution is -2.28. The SMILES string of the molecule is C=C(C)C(NN)c1ccc(F)cc1Br. The molecular formula is C10H12BrFN2. The van der Waals surface area contributed by atoms with Crippen molar-refractivity contribution in [3.8, 4) is 0 Å². The molecule has 1 atom stereocenters. The molecule has 1 unspecified atom stereocenters. The Morgan fingerprint density at radius 3 is 2.71 bits per heavy atom. The van der Waals surface area contributed by atoms with Crippen LogP contribution in [-0.2, 0) is 0 Å². The lowest BCUT2D eigenvalue weighted by atomic mass is 10.0. The van der Waals surface area contributed by atoms with Gasteiger partial charge in [0.25, 0.3) is 0 Å². The second kappa shape index (κ2) is 4.68. The summed E-state index contributed by atoms with van der Waals surface area (Å²) in [6, 6.07) is 4.32. The molecule has 1 aromatic rings. The van der Waals surface area contributed by atoms with Crippen LogP contribution in [0.4, 0.5) is 4.39 Å². The first-order valence-electron chi connectivity index (χ1n) is 4.12. The van der Waals surface area contributed by atoms with Gasteiger partial charge in [-0.2, -0.15) is 0 Å². The first-order chi connectivity index (χ1) is 6.56. The molecule has 0 saturated carbocycles. The molecule has 0 aliphatic heterocycles. The summed E-state index contributed by atoms with van der Waals surface area (Å²) in [6.45, 7) is 5.67. The van der Waals surface area contributed by atoms with Gasteiger partial charge in [-0.15, -0.1) is 0 Å². The van der Waals surface area contributed by atoms with E-state index >= 15 is 0 Å². The summed E-state index contributed by atoms with van der Waals surface area (Å²) in [6.07, 6.45) is 0. The minimum atomic E-state index is -0.280. The maximum Gasteiger partial charge on any atom is 0.124 e. The Balaban J connectivity index is 3.10. The molecule has 1 aromatic carbocycles. The Morgan fingerprint density at radius 1 is 1.64 bits per heavy atom. The molecule has 1 rings (SSSR count). The fraction of sp³-hybridized carbons (Fsp3) is 0.200. The Morgan fingerprint density at radius 2 is 2.29 bits per heavy atom. The number of hydrogen-bond donors (Lipinski definition) is 2. The summed E-state index contributed by atoms with van der Waals surface area (Å²) in [5.41, 5.74) is 4.38. The molecule has 14 heavy (non-hydrogen) atoms. The van der Waals surface area contributed by atoms with Crippen LogP contribution < -0.4 is 11.3 Å². The van der Waals surface area contributed by atoms with E-state index in [1.165, 1.54) is 12.1 Å². The van der Waals surface area contributed by atoms with Gasteiger partial charge in [0.1, 0.15) is 5.82 Å². The highest BCUT2D eigenvalue weighted by Gasteiger charge is 2.13. The summed E-state index contributed by atoms with van der Waals surface area (Å²) in [5.74, 6) is 5.11. The predicted molar refractivity (Wildman–Crippen MR) is 59.0 cm³/mol. The molecule has 0 saturated heterocycles. The molecule has 0 aliphatic carbocycles. The normalized spacial score (nSPS) is 12.6. The summed E-state index contributed by atoms with van der Waals surface area (Å²) in [5, 5.41) is 0. The molecule has 3 N–H and O–H groups in total. The number of rotatable bonds is 3. The average Bonchev–Trinajstić information content (AvgIpc) is 2.09. The minimum Gasteiger partial charge on any atom is -0.271 e. The first kappa shape index (κ1) is 11.4. The predicted octanol–water partition coefficient (Wildman–Crippen LogP) is 2.67. The van der Waals surface area contributed by atoms with Gasteiger partial charge < -0.3 is 0 Å². The molecule has 0 bridgehead atoms. The smallest absolute Gasteiger partial charge is 0.124 e. The molecule has 0 spiro atoms. The monoisotopic (exact) mass is 258 g/mol. The minimum absolute atomic E-state index is 0.162. The van der Waals surface area contributed by atoms with Crippen LogP contribution in [0.5, 0.6) is 0 Å². The lowest BCUT2D eigenvalue weighted by molar-refractivity contribution is 0.608. The zero-order valence-corrected chi connectivity index (χ0v) is 9.44. The first-order valence-corrected chi connectivity index (χ1v) is 4.92. The van der Waals surface area contributed by atoms with Crippen molar-refractivity contribution >= 4 is 15.9 Å². The highest BCUT2D eigenvalue weighted by atomic mass is 79.9. The topological polar surface area (TPSA) is 38.0 Å². The van der Waals surface area contributed by atoms with Crippen LogP contribution in [0.15, 0.2) is 34.8 Å². The van der Waals surface area contributed by atoms with Gasteiger partial charge >= 0.3 is 0 Å². The zero-order valence-electron chi connectivity index (χ0n) is 7.85. The van der Waals surface area contributed by atoms with E-state index in [4.69, 9.17) is 5.84 Å². The van der Waals surface area contributed by atoms with E-state index < -0.39 is 0 Å². The van der Waals surface area contributed by atoms with Crippen molar-refractivity contribution in [2.45, 2.75) is 13.0 Å². The highest BCUT2D eigenvalue weighted by Crippen LogP contribution is 2.27. The van der Waals surface area contributed by atoms with Gasteiger partial charge in [-0.25, -0.2) is 9.82 Å². The van der Waals surface area contributed by atoms with Crippen LogP contribution in [-0.4, -0.2) is 0 Å². The molecule has 76 valence electrons. The second-order valence-corrected chi connectivity index (χ2v) is 3.97. The van der Waals surface area contributed by atoms with E-state index in [9.17, 15) is 4.39 Å². The standard InChI is InChI=1S/C10H12BrFN2/c1-6(2)10(14-13)8-4-3-7(12)5-9(8)11/h3-5,10,14H,1,13H2,2H3. The third-order valence-electron chi connectivity index (χ3n) is 1.93. The van der Waals surface area contributed by atoms with Gasteiger partial charge in [-0.1, -0.05) is 34.1 Å². The van der Waals surface area contributed by atoms with Gasteiger partial charge in [0.15, 0.2) is 0 Å². The van der Waals surface area contributed by atoms with Crippen molar-refractivity contribution in [3.63, 3.8) is 0 Å². The van der Waals surface area contributed by atoms with Crippen LogP contribution in [0, 0.1) is 5.82 Å². The largest absolute Gasteiger partial charge is 0.271 e. The fourth-order valence-corrected chi connectivity index (χ4v) is 1.81. The maximum atomic E-state index is 12.8. The third kappa shape index (κ3) is 2.41. The van der Waals surface area contributed by atoms with Crippen LogP contribution in [0.3, 0.4) is 0 Å². The molecule has 0 aliphatic rings. The van der Waals surface area contributed by atoms with Crippen molar-refractivity contribution in [1.82, 2.24) is 5.43 Å². The summed E-state index contributed by atoms with van der Waals surface area (Å²) < 4.78 is 13.5. The third-order valence-corrected chi connectivity index (χ3v) is 2.62. The summed E-state index contributed by atoms with van der Waals surface area (Å²) in [7, 11) is 0. The Hall–Kier alpha value is -0.710. The number of benzene rings is 1. The van der Waals surface area contributed by atoms with Gasteiger partial charge in [0, 0.05) is 4.47 Å². The van der Waals surface area contributed by atoms with Crippen molar-refractivity contribution in [2.24, 2.45) is 5.84 Å². The van der Waals surface area contributed by atoms with Crippen molar-refractivity contribution in [3.05, 3.63) is 46.2 Å². The molecule has 0 heterocycles. The zero-order chi connectivity index (χ0) is 10.7. The van der Waals surface area contributed by atoms with E-state index in [0.717, 1.165) is 11.1 Å². The van der Waals surface area contributed by atoms with Crippen molar-refractivity contribution in [1.29, 1.82) is 0 Å². The molecule has 4 heteroatoms. The quantitative estimate of drug-likeness (QED) is 0.497.